The summed E-state index contributed by atoms with van der Waals surface area (Å²) in [6.07, 6.45) is 2.09. The molecule has 1 unspecified atom stereocenters. The summed E-state index contributed by atoms with van der Waals surface area (Å²) in [5.74, 6) is -1.24. The van der Waals surface area contributed by atoms with E-state index < -0.39 is 5.97 Å². The first-order valence-electron chi connectivity index (χ1n) is 6.31. The predicted octanol–water partition coefficient (Wildman–Crippen LogP) is -0.398. The minimum absolute atomic E-state index is 0.223. The maximum absolute atomic E-state index is 11.8. The van der Waals surface area contributed by atoms with E-state index in [2.05, 4.69) is 17.3 Å². The van der Waals surface area contributed by atoms with Gasteiger partial charge in [0.2, 0.25) is 5.91 Å². The minimum atomic E-state index is -1.02. The summed E-state index contributed by atoms with van der Waals surface area (Å²) in [4.78, 5) is 26.5. The van der Waals surface area contributed by atoms with Crippen LogP contribution >= 0.6 is 0 Å². The van der Waals surface area contributed by atoms with Crippen molar-refractivity contribution in [3.8, 4) is 0 Å². The fourth-order valence-corrected chi connectivity index (χ4v) is 2.21. The number of piperidine rings is 1. The zero-order valence-electron chi connectivity index (χ0n) is 11.3. The van der Waals surface area contributed by atoms with Crippen molar-refractivity contribution in [2.45, 2.75) is 31.8 Å². The number of likely N-dealkylation sites (tertiary alicyclic amines) is 1. The molecule has 6 nitrogen and oxygen atoms in total. The maximum atomic E-state index is 11.8. The van der Waals surface area contributed by atoms with Crippen LogP contribution in [0.2, 0.25) is 0 Å². The van der Waals surface area contributed by atoms with E-state index in [1.54, 1.807) is 0 Å². The van der Waals surface area contributed by atoms with Crippen LogP contribution in [0, 0.1) is 0 Å². The van der Waals surface area contributed by atoms with Gasteiger partial charge in [-0.05, 0) is 47.0 Å². The van der Waals surface area contributed by atoms with Crippen LogP contribution in [0.3, 0.4) is 0 Å². The van der Waals surface area contributed by atoms with Gasteiger partial charge < -0.3 is 15.3 Å². The van der Waals surface area contributed by atoms with E-state index in [0.717, 1.165) is 25.9 Å². The van der Waals surface area contributed by atoms with Crippen molar-refractivity contribution in [3.05, 3.63) is 0 Å². The molecule has 6 heteroatoms. The van der Waals surface area contributed by atoms with Crippen molar-refractivity contribution >= 4 is 11.9 Å². The number of hydrogen-bond donors (Lipinski definition) is 2. The van der Waals surface area contributed by atoms with Crippen LogP contribution in [0.5, 0.6) is 0 Å². The Morgan fingerprint density at radius 1 is 1.44 bits per heavy atom. The number of carbonyl (C=O) groups excluding carboxylic acids is 1. The van der Waals surface area contributed by atoms with E-state index in [0.29, 0.717) is 6.04 Å². The van der Waals surface area contributed by atoms with Gasteiger partial charge >= 0.3 is 5.97 Å². The molecule has 1 amide bonds. The number of hydrogen-bond acceptors (Lipinski definition) is 4. The molecule has 18 heavy (non-hydrogen) atoms. The smallest absolute Gasteiger partial charge is 0.322 e. The predicted molar refractivity (Wildman–Crippen MR) is 68.4 cm³/mol. The van der Waals surface area contributed by atoms with E-state index >= 15 is 0 Å². The highest BCUT2D eigenvalue weighted by atomic mass is 16.4. The highest BCUT2D eigenvalue weighted by Gasteiger charge is 2.27. The lowest BCUT2D eigenvalue weighted by Gasteiger charge is -2.37. The van der Waals surface area contributed by atoms with Gasteiger partial charge in [0.25, 0.3) is 0 Å². The summed E-state index contributed by atoms with van der Waals surface area (Å²) < 4.78 is 0. The molecule has 1 fully saturated rings. The van der Waals surface area contributed by atoms with Crippen molar-refractivity contribution in [3.63, 3.8) is 0 Å². The van der Waals surface area contributed by atoms with E-state index in [1.807, 2.05) is 18.9 Å². The second-order valence-electron chi connectivity index (χ2n) is 4.99. The quantitative estimate of drug-likeness (QED) is 0.701. The standard InChI is InChI=1S/C12H23N3O3/c1-9(12(18)13-8-11(16)17)15(3)10-4-6-14(2)7-5-10/h9-10H,4-8H2,1-3H3,(H,13,18)(H,16,17). The third kappa shape index (κ3) is 4.27. The van der Waals surface area contributed by atoms with E-state index in [9.17, 15) is 9.59 Å². The fraction of sp³-hybridized carbons (Fsp3) is 0.833. The molecule has 1 aliphatic rings. The number of aliphatic carboxylic acids is 1. The van der Waals surface area contributed by atoms with Gasteiger partial charge in [-0.15, -0.1) is 0 Å². The topological polar surface area (TPSA) is 72.9 Å². The largest absolute Gasteiger partial charge is 0.480 e. The lowest BCUT2D eigenvalue weighted by Crippen LogP contribution is -2.51. The molecule has 0 aromatic heterocycles. The first-order chi connectivity index (χ1) is 8.41. The van der Waals surface area contributed by atoms with Gasteiger partial charge in [0, 0.05) is 6.04 Å². The molecule has 0 saturated carbocycles. The normalized spacial score (nSPS) is 19.8. The summed E-state index contributed by atoms with van der Waals surface area (Å²) in [5.41, 5.74) is 0. The Morgan fingerprint density at radius 2 is 2.00 bits per heavy atom. The summed E-state index contributed by atoms with van der Waals surface area (Å²) in [7, 11) is 4.03. The molecule has 1 atom stereocenters. The lowest BCUT2D eigenvalue weighted by atomic mass is 10.0. The van der Waals surface area contributed by atoms with Gasteiger partial charge in [0.1, 0.15) is 6.54 Å². The third-order valence-corrected chi connectivity index (χ3v) is 3.67. The summed E-state index contributed by atoms with van der Waals surface area (Å²) >= 11 is 0. The summed E-state index contributed by atoms with van der Waals surface area (Å²) in [5, 5.41) is 10.9. The number of carboxylic acids is 1. The van der Waals surface area contributed by atoms with Crippen molar-refractivity contribution in [2.24, 2.45) is 0 Å². The zero-order valence-corrected chi connectivity index (χ0v) is 11.3. The number of likely N-dealkylation sites (N-methyl/N-ethyl adjacent to an activating group) is 1. The van der Waals surface area contributed by atoms with Gasteiger partial charge in [-0.3, -0.25) is 14.5 Å². The average molecular weight is 257 g/mol. The Bertz CT molecular complexity index is 301. The highest BCUT2D eigenvalue weighted by molar-refractivity contribution is 5.84. The Balaban J connectivity index is 2.42. The molecule has 1 heterocycles. The Morgan fingerprint density at radius 3 is 2.50 bits per heavy atom. The minimum Gasteiger partial charge on any atom is -0.480 e. The van der Waals surface area contributed by atoms with Crippen molar-refractivity contribution in [2.75, 3.05) is 33.7 Å². The first kappa shape index (κ1) is 14.9. The van der Waals surface area contributed by atoms with Crippen molar-refractivity contribution < 1.29 is 14.7 Å². The molecule has 0 bridgehead atoms. The molecule has 1 rings (SSSR count). The number of carbonyl (C=O) groups is 2. The Kier molecular flexibility index (Phi) is 5.55. The molecular formula is C12H23N3O3. The summed E-state index contributed by atoms with van der Waals surface area (Å²) in [6, 6.07) is 0.101. The second kappa shape index (κ2) is 6.70. The Hall–Kier alpha value is -1.14. The fourth-order valence-electron chi connectivity index (χ4n) is 2.21. The van der Waals surface area contributed by atoms with E-state index in [-0.39, 0.29) is 18.5 Å². The van der Waals surface area contributed by atoms with Crippen LogP contribution in [0.4, 0.5) is 0 Å². The number of amides is 1. The van der Waals surface area contributed by atoms with Gasteiger partial charge in [-0.25, -0.2) is 0 Å². The Labute approximate surface area is 108 Å². The molecule has 1 aliphatic heterocycles. The van der Waals surface area contributed by atoms with Crippen LogP contribution < -0.4 is 5.32 Å². The van der Waals surface area contributed by atoms with E-state index in [4.69, 9.17) is 5.11 Å². The first-order valence-corrected chi connectivity index (χ1v) is 6.31. The molecule has 0 aromatic rings. The SMILES string of the molecule is CC(C(=O)NCC(=O)O)N(C)C1CCN(C)CC1. The number of nitrogens with zero attached hydrogens (tertiary/aromatic N) is 2. The van der Waals surface area contributed by atoms with Gasteiger partial charge in [-0.2, -0.15) is 0 Å². The second-order valence-corrected chi connectivity index (χ2v) is 4.99. The molecule has 104 valence electrons. The van der Waals surface area contributed by atoms with E-state index in [1.165, 1.54) is 0 Å². The lowest BCUT2D eigenvalue weighted by molar-refractivity contribution is -0.138. The van der Waals surface area contributed by atoms with Crippen molar-refractivity contribution in [1.29, 1.82) is 0 Å². The zero-order chi connectivity index (χ0) is 13.7. The third-order valence-electron chi connectivity index (χ3n) is 3.67. The molecule has 0 aliphatic carbocycles. The van der Waals surface area contributed by atoms with Gasteiger partial charge in [0.15, 0.2) is 0 Å². The monoisotopic (exact) mass is 257 g/mol. The average Bonchev–Trinajstić information content (AvgIpc) is 2.35. The number of nitrogens with one attached hydrogen (secondary N) is 1. The van der Waals surface area contributed by atoms with Crippen molar-refractivity contribution in [1.82, 2.24) is 15.1 Å². The van der Waals surface area contributed by atoms with Gasteiger partial charge in [0.05, 0.1) is 6.04 Å². The molecular weight excluding hydrogens is 234 g/mol. The van der Waals surface area contributed by atoms with Crippen LogP contribution in [-0.2, 0) is 9.59 Å². The molecule has 2 N–H and O–H groups in total. The number of carboxylic acid groups (broad SMARTS) is 1. The molecule has 1 saturated heterocycles. The molecule has 0 spiro atoms. The van der Waals surface area contributed by atoms with Crippen LogP contribution in [0.1, 0.15) is 19.8 Å². The maximum Gasteiger partial charge on any atom is 0.322 e. The summed E-state index contributed by atoms with van der Waals surface area (Å²) in [6.45, 7) is 3.58. The van der Waals surface area contributed by atoms with Crippen LogP contribution in [-0.4, -0.2) is 72.6 Å². The van der Waals surface area contributed by atoms with Crippen LogP contribution in [0.15, 0.2) is 0 Å². The number of rotatable bonds is 5. The highest BCUT2D eigenvalue weighted by Crippen LogP contribution is 2.16. The molecule has 0 radical (unpaired) electrons. The van der Waals surface area contributed by atoms with Crippen LogP contribution in [0.25, 0.3) is 0 Å². The molecule has 0 aromatic carbocycles. The van der Waals surface area contributed by atoms with Gasteiger partial charge in [-0.1, -0.05) is 0 Å².